The number of nitrogens with one attached hydrogen (secondary N) is 1. The maximum absolute atomic E-state index is 12.9. The minimum Gasteiger partial charge on any atom is -0.660 e. The predicted octanol–water partition coefficient (Wildman–Crippen LogP) is 2.85. The van der Waals surface area contributed by atoms with E-state index >= 15 is 0 Å². The number of para-hydroxylation sites is 1. The Morgan fingerprint density at radius 1 is 1.12 bits per heavy atom. The van der Waals surface area contributed by atoms with Crippen molar-refractivity contribution in [2.24, 2.45) is 0 Å². The van der Waals surface area contributed by atoms with Crippen molar-refractivity contribution in [3.8, 4) is 5.69 Å². The molecule has 0 saturated heterocycles. The molecule has 3 aromatic rings. The third-order valence-corrected chi connectivity index (χ3v) is 5.40. The van der Waals surface area contributed by atoms with Gasteiger partial charge in [0, 0.05) is 18.7 Å². The molecular formula is C16H16N4O3S. The summed E-state index contributed by atoms with van der Waals surface area (Å²) in [5.41, 5.74) is 8.56. The maximum Gasteiger partial charge on any atom is 0.264 e. The summed E-state index contributed by atoms with van der Waals surface area (Å²) in [6.07, 6.45) is 1.39. The van der Waals surface area contributed by atoms with Crippen molar-refractivity contribution in [3.05, 3.63) is 66.5 Å². The van der Waals surface area contributed by atoms with Gasteiger partial charge in [-0.15, -0.1) is 0 Å². The van der Waals surface area contributed by atoms with Crippen molar-refractivity contribution in [1.29, 1.82) is 0 Å². The van der Waals surface area contributed by atoms with Gasteiger partial charge in [0.05, 0.1) is 10.6 Å². The highest BCUT2D eigenvalue weighted by Crippen LogP contribution is 2.23. The molecule has 7 nitrogen and oxygen atoms in total. The Kier molecular flexibility index (Phi) is 4.22. The lowest BCUT2D eigenvalue weighted by molar-refractivity contribution is -0.670. The molecule has 0 fully saturated rings. The van der Waals surface area contributed by atoms with Crippen LogP contribution in [0.1, 0.15) is 6.92 Å². The molecule has 3 rings (SSSR count). The summed E-state index contributed by atoms with van der Waals surface area (Å²) in [4.78, 5) is 0.187. The highest BCUT2D eigenvalue weighted by atomic mass is 32.2. The summed E-state index contributed by atoms with van der Waals surface area (Å²) in [6.45, 7) is 2.12. The minimum atomic E-state index is -3.65. The number of aromatic nitrogens is 2. The molecule has 0 unspecified atom stereocenters. The van der Waals surface area contributed by atoms with E-state index in [1.54, 1.807) is 43.3 Å². The lowest BCUT2D eigenvalue weighted by Gasteiger charge is -2.22. The van der Waals surface area contributed by atoms with Crippen LogP contribution in [0, 0.1) is 0 Å². The summed E-state index contributed by atoms with van der Waals surface area (Å²) in [6, 6.07) is 15.2. The Morgan fingerprint density at radius 2 is 1.79 bits per heavy atom. The highest BCUT2D eigenvalue weighted by Gasteiger charge is 2.24. The van der Waals surface area contributed by atoms with Crippen molar-refractivity contribution in [2.45, 2.75) is 11.8 Å². The van der Waals surface area contributed by atoms with E-state index in [-0.39, 0.29) is 10.8 Å². The zero-order chi connectivity index (χ0) is 17.2. The summed E-state index contributed by atoms with van der Waals surface area (Å²) < 4.78 is 33.1. The van der Waals surface area contributed by atoms with Crippen molar-refractivity contribution in [1.82, 2.24) is 5.27 Å². The molecular weight excluding hydrogens is 328 g/mol. The predicted molar refractivity (Wildman–Crippen MR) is 88.7 cm³/mol. The minimum absolute atomic E-state index is 0.0760. The summed E-state index contributed by atoms with van der Waals surface area (Å²) in [7, 11) is -3.65. The molecule has 8 heteroatoms. The third kappa shape index (κ3) is 2.95. The second-order valence-electron chi connectivity index (χ2n) is 5.01. The molecule has 124 valence electrons. The van der Waals surface area contributed by atoms with Crippen molar-refractivity contribution < 1.29 is 17.6 Å². The van der Waals surface area contributed by atoms with Crippen LogP contribution in [0.15, 0.2) is 70.2 Å². The Labute approximate surface area is 139 Å². The van der Waals surface area contributed by atoms with Crippen LogP contribution in [0.2, 0.25) is 0 Å². The van der Waals surface area contributed by atoms with Gasteiger partial charge in [0.25, 0.3) is 10.0 Å². The number of benzene rings is 2. The van der Waals surface area contributed by atoms with Crippen LogP contribution in [-0.4, -0.2) is 20.2 Å². The SMILES string of the molecule is CCN(c1ccccc1)S(=O)(=O)c1ccc(-[n+]2cc([NH-])on2)cc1. The van der Waals surface area contributed by atoms with Gasteiger partial charge in [-0.2, -0.15) is 0 Å². The average molecular weight is 344 g/mol. The number of nitrogens with zero attached hydrogens (tertiary/aromatic N) is 3. The van der Waals surface area contributed by atoms with E-state index in [0.29, 0.717) is 17.9 Å². The van der Waals surface area contributed by atoms with Crippen LogP contribution >= 0.6 is 0 Å². The molecule has 0 saturated carbocycles. The fourth-order valence-electron chi connectivity index (χ4n) is 2.35. The molecule has 0 spiro atoms. The Bertz CT molecular complexity index is 921. The fourth-order valence-corrected chi connectivity index (χ4v) is 3.83. The molecule has 0 bridgehead atoms. The summed E-state index contributed by atoms with van der Waals surface area (Å²) in [5, 5.41) is 3.67. The first kappa shape index (κ1) is 16.0. The molecule has 0 radical (unpaired) electrons. The molecule has 0 aliphatic heterocycles. The van der Waals surface area contributed by atoms with Crippen LogP contribution < -0.4 is 8.99 Å². The van der Waals surface area contributed by atoms with E-state index in [9.17, 15) is 8.42 Å². The average Bonchev–Trinajstić information content (AvgIpc) is 3.03. The highest BCUT2D eigenvalue weighted by molar-refractivity contribution is 7.92. The van der Waals surface area contributed by atoms with Gasteiger partial charge in [-0.3, -0.25) is 4.31 Å². The van der Waals surface area contributed by atoms with Crippen LogP contribution in [0.5, 0.6) is 0 Å². The van der Waals surface area contributed by atoms with Gasteiger partial charge in [-0.25, -0.2) is 8.42 Å². The number of anilines is 1. The van der Waals surface area contributed by atoms with Crippen LogP contribution in [0.4, 0.5) is 11.6 Å². The Morgan fingerprint density at radius 3 is 2.33 bits per heavy atom. The van der Waals surface area contributed by atoms with Gasteiger partial charge >= 0.3 is 0 Å². The van der Waals surface area contributed by atoms with Crippen molar-refractivity contribution >= 4 is 21.6 Å². The van der Waals surface area contributed by atoms with E-state index in [4.69, 9.17) is 5.73 Å². The van der Waals surface area contributed by atoms with Gasteiger partial charge < -0.3 is 10.3 Å². The Balaban J connectivity index is 1.95. The number of rotatable bonds is 5. The second-order valence-corrected chi connectivity index (χ2v) is 6.87. The number of hydrogen-bond acceptors (Lipinski definition) is 4. The van der Waals surface area contributed by atoms with Crippen molar-refractivity contribution in [2.75, 3.05) is 10.8 Å². The summed E-state index contributed by atoms with van der Waals surface area (Å²) in [5.74, 6) is -0.0760. The number of sulfonamides is 1. The van der Waals surface area contributed by atoms with Crippen LogP contribution in [-0.2, 0) is 10.0 Å². The Hall–Kier alpha value is -2.87. The van der Waals surface area contributed by atoms with E-state index < -0.39 is 10.0 Å². The second kappa shape index (κ2) is 6.32. The molecule has 2 aromatic carbocycles. The monoisotopic (exact) mass is 344 g/mol. The van der Waals surface area contributed by atoms with Gasteiger partial charge in [0.1, 0.15) is 5.88 Å². The topological polar surface area (TPSA) is 91.1 Å². The first-order valence-electron chi connectivity index (χ1n) is 7.31. The van der Waals surface area contributed by atoms with Gasteiger partial charge in [0.15, 0.2) is 0 Å². The third-order valence-electron chi connectivity index (χ3n) is 3.49. The zero-order valence-electron chi connectivity index (χ0n) is 13.0. The molecule has 0 amide bonds. The molecule has 24 heavy (non-hydrogen) atoms. The molecule has 1 heterocycles. The lowest BCUT2D eigenvalue weighted by Crippen LogP contribution is -2.32. The quantitative estimate of drug-likeness (QED) is 0.665. The molecule has 0 aliphatic carbocycles. The molecule has 0 atom stereocenters. The molecule has 0 aliphatic rings. The van der Waals surface area contributed by atoms with E-state index in [0.717, 1.165) is 0 Å². The molecule has 1 aromatic heterocycles. The summed E-state index contributed by atoms with van der Waals surface area (Å²) >= 11 is 0. The zero-order valence-corrected chi connectivity index (χ0v) is 13.8. The maximum atomic E-state index is 12.9. The van der Waals surface area contributed by atoms with E-state index in [1.165, 1.54) is 27.3 Å². The van der Waals surface area contributed by atoms with Gasteiger partial charge in [0.2, 0.25) is 17.2 Å². The standard InChI is InChI=1S/C16H16N4O3S/c1-2-20(14-6-4-3-5-7-14)24(21,22)15-10-8-13(9-11-15)19-12-16(17)23-18-19/h3-12,17H,2H2,1H3. The normalized spacial score (nSPS) is 11.4. The fraction of sp³-hybridized carbons (Fsp3) is 0.125. The first-order chi connectivity index (χ1) is 11.5. The first-order valence-corrected chi connectivity index (χ1v) is 8.75. The van der Waals surface area contributed by atoms with Gasteiger partial charge in [-0.1, -0.05) is 18.2 Å². The van der Waals surface area contributed by atoms with Crippen LogP contribution in [0.25, 0.3) is 11.4 Å². The van der Waals surface area contributed by atoms with Crippen LogP contribution in [0.3, 0.4) is 0 Å². The molecule has 1 N–H and O–H groups in total. The largest absolute Gasteiger partial charge is 0.660 e. The van der Waals surface area contributed by atoms with Gasteiger partial charge in [-0.05, 0) is 35.9 Å². The van der Waals surface area contributed by atoms with Crippen molar-refractivity contribution in [3.63, 3.8) is 0 Å². The van der Waals surface area contributed by atoms with E-state index in [2.05, 4.69) is 9.79 Å². The number of hydrogen-bond donors (Lipinski definition) is 0. The smallest absolute Gasteiger partial charge is 0.264 e. The van der Waals surface area contributed by atoms with E-state index in [1.807, 2.05) is 6.07 Å². The lowest BCUT2D eigenvalue weighted by atomic mass is 10.3.